The Morgan fingerprint density at radius 3 is 2.79 bits per heavy atom. The number of aliphatic carboxylic acids is 1. The number of carboxylic acids is 1. The number of likely N-dealkylation sites (tertiary alicyclic amines) is 1. The van der Waals surface area contributed by atoms with Gasteiger partial charge in [-0.2, -0.15) is 0 Å². The van der Waals surface area contributed by atoms with E-state index in [1.807, 2.05) is 11.8 Å². The van der Waals surface area contributed by atoms with E-state index in [0.717, 1.165) is 25.8 Å². The van der Waals surface area contributed by atoms with Crippen molar-refractivity contribution in [1.29, 1.82) is 0 Å². The summed E-state index contributed by atoms with van der Waals surface area (Å²) >= 11 is 0. The van der Waals surface area contributed by atoms with Gasteiger partial charge in [0, 0.05) is 25.0 Å². The van der Waals surface area contributed by atoms with Crippen LogP contribution >= 0.6 is 0 Å². The summed E-state index contributed by atoms with van der Waals surface area (Å²) < 4.78 is 0. The van der Waals surface area contributed by atoms with Gasteiger partial charge in [0.15, 0.2) is 0 Å². The zero-order chi connectivity index (χ0) is 14.3. The summed E-state index contributed by atoms with van der Waals surface area (Å²) in [4.78, 5) is 24.6. The maximum absolute atomic E-state index is 12.2. The zero-order valence-electron chi connectivity index (χ0n) is 12.0. The van der Waals surface area contributed by atoms with Gasteiger partial charge in [0.25, 0.3) is 0 Å². The van der Waals surface area contributed by atoms with E-state index in [-0.39, 0.29) is 18.5 Å². The van der Waals surface area contributed by atoms with E-state index in [1.165, 1.54) is 6.42 Å². The molecule has 5 heteroatoms. The Hall–Kier alpha value is -1.26. The molecule has 0 aromatic carbocycles. The predicted octanol–water partition coefficient (Wildman–Crippen LogP) is 2.60. The molecule has 1 heterocycles. The number of hydrogen-bond donors (Lipinski definition) is 2. The van der Waals surface area contributed by atoms with Gasteiger partial charge in [-0.25, -0.2) is 4.79 Å². The second kappa shape index (κ2) is 8.02. The van der Waals surface area contributed by atoms with Gasteiger partial charge in [0.1, 0.15) is 0 Å². The minimum atomic E-state index is -0.777. The molecule has 2 unspecified atom stereocenters. The van der Waals surface area contributed by atoms with Gasteiger partial charge in [0.2, 0.25) is 0 Å². The summed E-state index contributed by atoms with van der Waals surface area (Å²) in [6, 6.07) is 0.403. The first-order chi connectivity index (χ1) is 9.04. The van der Waals surface area contributed by atoms with Crippen molar-refractivity contribution in [3.8, 4) is 0 Å². The smallest absolute Gasteiger partial charge is 0.317 e. The fraction of sp³-hybridized carbons (Fsp3) is 0.857. The predicted molar refractivity (Wildman–Crippen MR) is 74.1 cm³/mol. The first-order valence-electron chi connectivity index (χ1n) is 7.33. The molecule has 0 saturated carbocycles. The molecule has 19 heavy (non-hydrogen) atoms. The van der Waals surface area contributed by atoms with E-state index in [2.05, 4.69) is 12.2 Å². The van der Waals surface area contributed by atoms with Crippen LogP contribution in [0.1, 0.15) is 58.8 Å². The van der Waals surface area contributed by atoms with Gasteiger partial charge < -0.3 is 15.3 Å². The molecule has 2 atom stereocenters. The van der Waals surface area contributed by atoms with Crippen LogP contribution in [0.2, 0.25) is 0 Å². The Bertz CT molecular complexity index is 307. The summed E-state index contributed by atoms with van der Waals surface area (Å²) in [7, 11) is 0. The van der Waals surface area contributed by atoms with Crippen molar-refractivity contribution in [1.82, 2.24) is 10.2 Å². The topological polar surface area (TPSA) is 69.6 Å². The number of carbonyl (C=O) groups excluding carboxylic acids is 1. The molecule has 0 aliphatic carbocycles. The number of urea groups is 1. The molecule has 0 bridgehead atoms. The molecule has 0 aromatic heterocycles. The van der Waals surface area contributed by atoms with Gasteiger partial charge in [-0.1, -0.05) is 6.92 Å². The van der Waals surface area contributed by atoms with Crippen LogP contribution in [-0.4, -0.2) is 40.6 Å². The summed E-state index contributed by atoms with van der Waals surface area (Å²) in [6.07, 6.45) is 5.87. The number of rotatable bonds is 6. The molecule has 2 amide bonds. The number of carboxylic acid groups (broad SMARTS) is 1. The Kier molecular flexibility index (Phi) is 6.67. The lowest BCUT2D eigenvalue weighted by atomic mass is 10.0. The van der Waals surface area contributed by atoms with Crippen LogP contribution in [0.5, 0.6) is 0 Å². The molecule has 0 aromatic rings. The Morgan fingerprint density at radius 1 is 1.42 bits per heavy atom. The molecular weight excluding hydrogens is 244 g/mol. The number of amides is 2. The number of nitrogens with one attached hydrogen (secondary N) is 1. The highest BCUT2D eigenvalue weighted by molar-refractivity contribution is 5.75. The summed E-state index contributed by atoms with van der Waals surface area (Å²) in [5.74, 6) is -0.777. The molecule has 5 nitrogen and oxygen atoms in total. The van der Waals surface area contributed by atoms with Crippen molar-refractivity contribution in [2.24, 2.45) is 0 Å². The minimum absolute atomic E-state index is 0.00868. The van der Waals surface area contributed by atoms with Crippen molar-refractivity contribution >= 4 is 12.0 Å². The van der Waals surface area contributed by atoms with Crippen LogP contribution in [0, 0.1) is 0 Å². The van der Waals surface area contributed by atoms with Gasteiger partial charge in [-0.05, 0) is 45.4 Å². The molecule has 0 spiro atoms. The van der Waals surface area contributed by atoms with Gasteiger partial charge in [0.05, 0.1) is 0 Å². The van der Waals surface area contributed by atoms with Crippen LogP contribution < -0.4 is 5.32 Å². The Labute approximate surface area is 115 Å². The third-order valence-corrected chi connectivity index (χ3v) is 3.76. The van der Waals surface area contributed by atoms with Crippen LogP contribution in [0.15, 0.2) is 0 Å². The minimum Gasteiger partial charge on any atom is -0.481 e. The van der Waals surface area contributed by atoms with Crippen molar-refractivity contribution in [2.45, 2.75) is 70.9 Å². The lowest BCUT2D eigenvalue weighted by molar-refractivity contribution is -0.137. The molecule has 1 rings (SSSR count). The first kappa shape index (κ1) is 15.8. The fourth-order valence-electron chi connectivity index (χ4n) is 2.62. The largest absolute Gasteiger partial charge is 0.481 e. The maximum atomic E-state index is 12.2. The first-order valence-corrected chi connectivity index (χ1v) is 7.33. The molecular formula is C14H26N2O3. The van der Waals surface area contributed by atoms with Crippen molar-refractivity contribution in [3.05, 3.63) is 0 Å². The normalized spacial score (nSPS) is 20.9. The van der Waals surface area contributed by atoms with Crippen LogP contribution in [0.25, 0.3) is 0 Å². The van der Waals surface area contributed by atoms with E-state index < -0.39 is 5.97 Å². The summed E-state index contributed by atoms with van der Waals surface area (Å²) in [6.45, 7) is 4.89. The Balaban J connectivity index is 2.33. The van der Waals surface area contributed by atoms with Crippen molar-refractivity contribution < 1.29 is 14.7 Å². The van der Waals surface area contributed by atoms with Gasteiger partial charge >= 0.3 is 12.0 Å². The monoisotopic (exact) mass is 270 g/mol. The van der Waals surface area contributed by atoms with Crippen molar-refractivity contribution in [2.75, 3.05) is 6.54 Å². The lowest BCUT2D eigenvalue weighted by Crippen LogP contribution is -2.50. The number of hydrogen-bond acceptors (Lipinski definition) is 2. The fourth-order valence-corrected chi connectivity index (χ4v) is 2.62. The molecule has 110 valence electrons. The van der Waals surface area contributed by atoms with E-state index in [9.17, 15) is 9.59 Å². The van der Waals surface area contributed by atoms with Gasteiger partial charge in [-0.15, -0.1) is 0 Å². The second-order valence-corrected chi connectivity index (χ2v) is 5.39. The van der Waals surface area contributed by atoms with E-state index >= 15 is 0 Å². The molecule has 0 radical (unpaired) electrons. The highest BCUT2D eigenvalue weighted by atomic mass is 16.4. The average molecular weight is 270 g/mol. The average Bonchev–Trinajstić information content (AvgIpc) is 2.38. The molecule has 1 fully saturated rings. The van der Waals surface area contributed by atoms with Crippen LogP contribution in [-0.2, 0) is 4.79 Å². The Morgan fingerprint density at radius 2 is 2.16 bits per heavy atom. The highest BCUT2D eigenvalue weighted by Crippen LogP contribution is 2.19. The number of carbonyl (C=O) groups is 2. The summed E-state index contributed by atoms with van der Waals surface area (Å²) in [5.41, 5.74) is 0. The van der Waals surface area contributed by atoms with E-state index in [1.54, 1.807) is 0 Å². The van der Waals surface area contributed by atoms with E-state index in [4.69, 9.17) is 5.11 Å². The van der Waals surface area contributed by atoms with Crippen LogP contribution in [0.3, 0.4) is 0 Å². The summed E-state index contributed by atoms with van der Waals surface area (Å²) in [5, 5.41) is 11.6. The molecule has 1 aliphatic rings. The number of nitrogens with zero attached hydrogens (tertiary/aromatic N) is 1. The zero-order valence-corrected chi connectivity index (χ0v) is 12.0. The highest BCUT2D eigenvalue weighted by Gasteiger charge is 2.25. The molecule has 2 N–H and O–H groups in total. The second-order valence-electron chi connectivity index (χ2n) is 5.39. The lowest BCUT2D eigenvalue weighted by Gasteiger charge is -2.36. The van der Waals surface area contributed by atoms with Crippen molar-refractivity contribution in [3.63, 3.8) is 0 Å². The third kappa shape index (κ3) is 5.49. The SMILES string of the molecule is CCC1CCCCN1C(=O)NC(C)CCCC(=O)O. The maximum Gasteiger partial charge on any atom is 0.317 e. The van der Waals surface area contributed by atoms with Gasteiger partial charge in [-0.3, -0.25) is 4.79 Å². The standard InChI is InChI=1S/C14H26N2O3/c1-3-12-8-4-5-10-16(12)14(19)15-11(2)7-6-9-13(17)18/h11-12H,3-10H2,1-2H3,(H,15,19)(H,17,18). The molecule has 1 aliphatic heterocycles. The number of piperidine rings is 1. The van der Waals surface area contributed by atoms with E-state index in [0.29, 0.717) is 18.9 Å². The van der Waals surface area contributed by atoms with Crippen LogP contribution in [0.4, 0.5) is 4.79 Å². The third-order valence-electron chi connectivity index (χ3n) is 3.76. The quantitative estimate of drug-likeness (QED) is 0.779. The molecule has 1 saturated heterocycles.